The Kier molecular flexibility index (Phi) is 5.89. The average Bonchev–Trinajstić information content (AvgIpc) is 2.61. The van der Waals surface area contributed by atoms with E-state index in [1.807, 2.05) is 0 Å². The Balaban J connectivity index is 2.60. The normalized spacial score (nSPS) is 14.8. The standard InChI is InChI=1S/C16H17BrF3N5O/c1-10(24-21)25(22)9-15(26,11-3-2-4-13(18)7-11)16(19,20)14-6-5-12(17)8-23-14/h2-8,26H,9,21-22H2,1H3/b24-10-. The highest BCUT2D eigenvalue weighted by Crippen LogP contribution is 2.45. The van der Waals surface area contributed by atoms with E-state index in [-0.39, 0.29) is 11.4 Å². The van der Waals surface area contributed by atoms with Crippen LogP contribution in [0.4, 0.5) is 13.2 Å². The zero-order valence-corrected chi connectivity index (χ0v) is 15.3. The molecule has 0 saturated heterocycles. The molecule has 2 rings (SSSR count). The number of aromatic nitrogens is 1. The van der Waals surface area contributed by atoms with Crippen molar-refractivity contribution in [1.82, 2.24) is 9.99 Å². The first-order chi connectivity index (χ1) is 12.1. The van der Waals surface area contributed by atoms with Crippen LogP contribution in [-0.4, -0.2) is 27.5 Å². The molecule has 0 radical (unpaired) electrons. The molecule has 26 heavy (non-hydrogen) atoms. The van der Waals surface area contributed by atoms with E-state index in [2.05, 4.69) is 26.0 Å². The zero-order chi connectivity index (χ0) is 19.5. The van der Waals surface area contributed by atoms with Crippen LogP contribution in [-0.2, 0) is 11.5 Å². The number of hydrazone groups is 1. The minimum absolute atomic E-state index is 0.000562. The summed E-state index contributed by atoms with van der Waals surface area (Å²) in [5.41, 5.74) is -3.98. The van der Waals surface area contributed by atoms with Crippen molar-refractivity contribution in [2.45, 2.75) is 18.4 Å². The van der Waals surface area contributed by atoms with E-state index in [4.69, 9.17) is 11.7 Å². The van der Waals surface area contributed by atoms with Crippen molar-refractivity contribution in [3.8, 4) is 0 Å². The smallest absolute Gasteiger partial charge is 0.323 e. The van der Waals surface area contributed by atoms with Crippen molar-refractivity contribution < 1.29 is 18.3 Å². The lowest BCUT2D eigenvalue weighted by Crippen LogP contribution is -2.55. The second-order valence-corrected chi connectivity index (χ2v) is 6.53. The summed E-state index contributed by atoms with van der Waals surface area (Å²) >= 11 is 3.11. The summed E-state index contributed by atoms with van der Waals surface area (Å²) in [7, 11) is 0. The van der Waals surface area contributed by atoms with Crippen LogP contribution in [0.5, 0.6) is 0 Å². The van der Waals surface area contributed by atoms with Gasteiger partial charge in [-0.05, 0) is 52.7 Å². The van der Waals surface area contributed by atoms with Gasteiger partial charge in [0.05, 0.1) is 6.54 Å². The van der Waals surface area contributed by atoms with Crippen LogP contribution in [0.2, 0.25) is 0 Å². The van der Waals surface area contributed by atoms with E-state index in [1.165, 1.54) is 31.3 Å². The Morgan fingerprint density at radius 3 is 2.58 bits per heavy atom. The highest BCUT2D eigenvalue weighted by Gasteiger charge is 2.57. The Morgan fingerprint density at radius 2 is 2.04 bits per heavy atom. The van der Waals surface area contributed by atoms with E-state index in [0.717, 1.165) is 23.2 Å². The molecule has 0 saturated carbocycles. The van der Waals surface area contributed by atoms with Crippen LogP contribution >= 0.6 is 15.9 Å². The number of benzene rings is 1. The summed E-state index contributed by atoms with van der Waals surface area (Å²) in [5, 5.41) is 15.1. The molecule has 0 aliphatic rings. The predicted octanol–water partition coefficient (Wildman–Crippen LogP) is 2.43. The average molecular weight is 432 g/mol. The molecule has 1 unspecified atom stereocenters. The fraction of sp³-hybridized carbons (Fsp3) is 0.250. The van der Waals surface area contributed by atoms with Crippen LogP contribution < -0.4 is 11.7 Å². The molecule has 10 heteroatoms. The van der Waals surface area contributed by atoms with Crippen LogP contribution in [0.15, 0.2) is 52.2 Å². The molecule has 1 atom stereocenters. The number of rotatable bonds is 5. The maximum Gasteiger partial charge on any atom is 0.323 e. The number of aliphatic hydroxyl groups is 1. The third-order valence-electron chi connectivity index (χ3n) is 3.87. The first-order valence-electron chi connectivity index (χ1n) is 7.37. The molecule has 0 aliphatic carbocycles. The topological polar surface area (TPSA) is 101 Å². The molecule has 2 aromatic rings. The van der Waals surface area contributed by atoms with Gasteiger partial charge in [-0.25, -0.2) is 10.2 Å². The Labute approximate surface area is 156 Å². The van der Waals surface area contributed by atoms with E-state index >= 15 is 8.78 Å². The quantitative estimate of drug-likeness (QED) is 0.292. The van der Waals surface area contributed by atoms with Gasteiger partial charge in [0.2, 0.25) is 0 Å². The van der Waals surface area contributed by atoms with Gasteiger partial charge in [-0.15, -0.1) is 0 Å². The lowest BCUT2D eigenvalue weighted by molar-refractivity contribution is -0.203. The van der Waals surface area contributed by atoms with Crippen LogP contribution in [0, 0.1) is 5.82 Å². The number of pyridine rings is 1. The van der Waals surface area contributed by atoms with Crippen molar-refractivity contribution in [1.29, 1.82) is 0 Å². The van der Waals surface area contributed by atoms with Gasteiger partial charge in [-0.2, -0.15) is 13.9 Å². The molecule has 1 heterocycles. The van der Waals surface area contributed by atoms with Gasteiger partial charge in [0, 0.05) is 10.7 Å². The van der Waals surface area contributed by atoms with Crippen molar-refractivity contribution in [3.63, 3.8) is 0 Å². The third kappa shape index (κ3) is 3.81. The number of nitrogens with zero attached hydrogens (tertiary/aromatic N) is 3. The highest BCUT2D eigenvalue weighted by molar-refractivity contribution is 9.10. The van der Waals surface area contributed by atoms with Gasteiger partial charge in [0.1, 0.15) is 17.3 Å². The van der Waals surface area contributed by atoms with E-state index in [9.17, 15) is 9.50 Å². The first kappa shape index (κ1) is 20.1. The van der Waals surface area contributed by atoms with Gasteiger partial charge < -0.3 is 10.9 Å². The highest BCUT2D eigenvalue weighted by atomic mass is 79.9. The Hall–Kier alpha value is -2.17. The molecular weight excluding hydrogens is 415 g/mol. The molecule has 5 N–H and O–H groups in total. The largest absolute Gasteiger partial charge is 0.377 e. The maximum absolute atomic E-state index is 15.3. The molecule has 1 aromatic heterocycles. The molecule has 0 bridgehead atoms. The first-order valence-corrected chi connectivity index (χ1v) is 8.16. The molecule has 6 nitrogen and oxygen atoms in total. The molecular formula is C16H17BrF3N5O. The number of hydrogen-bond acceptors (Lipinski definition) is 5. The number of halogens is 4. The predicted molar refractivity (Wildman–Crippen MR) is 94.3 cm³/mol. The third-order valence-corrected chi connectivity index (χ3v) is 4.34. The van der Waals surface area contributed by atoms with Gasteiger partial charge in [0.25, 0.3) is 0 Å². The minimum Gasteiger partial charge on any atom is -0.377 e. The summed E-state index contributed by atoms with van der Waals surface area (Å²) in [4.78, 5) is 3.67. The fourth-order valence-electron chi connectivity index (χ4n) is 2.33. The second kappa shape index (κ2) is 7.60. The number of hydrogen-bond donors (Lipinski definition) is 3. The van der Waals surface area contributed by atoms with Crippen molar-refractivity contribution in [2.75, 3.05) is 6.54 Å². The number of hydrazine groups is 1. The zero-order valence-electron chi connectivity index (χ0n) is 13.7. The summed E-state index contributed by atoms with van der Waals surface area (Å²) in [6.45, 7) is 0.565. The van der Waals surface area contributed by atoms with Gasteiger partial charge in [-0.3, -0.25) is 9.99 Å². The van der Waals surface area contributed by atoms with Crippen molar-refractivity contribution >= 4 is 21.8 Å². The van der Waals surface area contributed by atoms with Gasteiger partial charge in [0.15, 0.2) is 5.60 Å². The number of amidine groups is 1. The summed E-state index contributed by atoms with van der Waals surface area (Å²) < 4.78 is 44.7. The molecule has 0 fully saturated rings. The molecule has 0 amide bonds. The van der Waals surface area contributed by atoms with Crippen LogP contribution in [0.1, 0.15) is 18.2 Å². The lowest BCUT2D eigenvalue weighted by Gasteiger charge is -2.38. The second-order valence-electron chi connectivity index (χ2n) is 5.61. The minimum atomic E-state index is -3.91. The molecule has 140 valence electrons. The van der Waals surface area contributed by atoms with E-state index < -0.39 is 29.6 Å². The summed E-state index contributed by atoms with van der Waals surface area (Å²) in [5.74, 6) is 6.11. The Morgan fingerprint density at radius 1 is 1.35 bits per heavy atom. The SMILES string of the molecule is C/C(=N/N)N(N)CC(O)(c1cccc(F)c1)C(F)(F)c1ccc(Br)cn1. The summed E-state index contributed by atoms with van der Waals surface area (Å²) in [6.07, 6.45) is 1.17. The molecule has 0 aliphatic heterocycles. The lowest BCUT2D eigenvalue weighted by atomic mass is 9.84. The molecule has 0 spiro atoms. The summed E-state index contributed by atoms with van der Waals surface area (Å²) in [6, 6.07) is 6.69. The Bertz CT molecular complexity index is 803. The maximum atomic E-state index is 15.3. The number of alkyl halides is 2. The number of nitrogens with two attached hydrogens (primary N) is 2. The van der Waals surface area contributed by atoms with Crippen LogP contribution in [0.25, 0.3) is 0 Å². The van der Waals surface area contributed by atoms with Crippen molar-refractivity contribution in [2.24, 2.45) is 16.8 Å². The molecule has 1 aromatic carbocycles. The fourth-order valence-corrected chi connectivity index (χ4v) is 2.56. The van der Waals surface area contributed by atoms with Gasteiger partial charge in [-0.1, -0.05) is 12.1 Å². The van der Waals surface area contributed by atoms with E-state index in [0.29, 0.717) is 4.47 Å². The van der Waals surface area contributed by atoms with Crippen molar-refractivity contribution in [3.05, 3.63) is 64.1 Å². The van der Waals surface area contributed by atoms with Crippen LogP contribution in [0.3, 0.4) is 0 Å². The van der Waals surface area contributed by atoms with E-state index in [1.54, 1.807) is 0 Å². The monoisotopic (exact) mass is 431 g/mol. The van der Waals surface area contributed by atoms with Gasteiger partial charge >= 0.3 is 5.92 Å².